The number of nitrogens with zero attached hydrogens (tertiary/aromatic N) is 1. The van der Waals surface area contributed by atoms with Crippen LogP contribution in [0, 0.1) is 5.82 Å². The lowest BCUT2D eigenvalue weighted by Gasteiger charge is -2.18. The van der Waals surface area contributed by atoms with Crippen LogP contribution in [0.1, 0.15) is 19.8 Å². The SMILES string of the molecule is C[C@@H](OC(=O)CSC(=S)N1CCCC1)C(=O)Nc1ccc(F)cc1. The highest BCUT2D eigenvalue weighted by Gasteiger charge is 2.20. The van der Waals surface area contributed by atoms with E-state index in [-0.39, 0.29) is 5.75 Å². The Balaban J connectivity index is 1.72. The second-order valence-corrected chi connectivity index (χ2v) is 6.99. The molecule has 1 N–H and O–H groups in total. The number of hydrogen-bond acceptors (Lipinski definition) is 5. The van der Waals surface area contributed by atoms with E-state index in [1.165, 1.54) is 43.0 Å². The van der Waals surface area contributed by atoms with Gasteiger partial charge in [0.05, 0.1) is 5.75 Å². The van der Waals surface area contributed by atoms with Crippen molar-refractivity contribution in [1.29, 1.82) is 0 Å². The smallest absolute Gasteiger partial charge is 0.317 e. The summed E-state index contributed by atoms with van der Waals surface area (Å²) in [5, 5.41) is 2.56. The Kier molecular flexibility index (Phi) is 6.99. The van der Waals surface area contributed by atoms with Crippen molar-refractivity contribution in [3.63, 3.8) is 0 Å². The van der Waals surface area contributed by atoms with E-state index in [0.29, 0.717) is 10.0 Å². The molecule has 130 valence electrons. The van der Waals surface area contributed by atoms with Crippen molar-refractivity contribution in [2.75, 3.05) is 24.2 Å². The number of amides is 1. The molecule has 0 aromatic heterocycles. The summed E-state index contributed by atoms with van der Waals surface area (Å²) < 4.78 is 18.6. The molecule has 5 nitrogen and oxygen atoms in total. The Labute approximate surface area is 149 Å². The third kappa shape index (κ3) is 5.76. The average molecular weight is 370 g/mol. The van der Waals surface area contributed by atoms with Gasteiger partial charge in [-0.2, -0.15) is 0 Å². The van der Waals surface area contributed by atoms with E-state index in [0.717, 1.165) is 25.9 Å². The molecule has 1 atom stereocenters. The first-order valence-electron chi connectivity index (χ1n) is 7.63. The standard InChI is InChI=1S/C16H19FN2O3S2/c1-11(15(21)18-13-6-4-12(17)5-7-13)22-14(20)10-24-16(23)19-8-2-3-9-19/h4-7,11H,2-3,8-10H2,1H3,(H,18,21)/t11-/m1/s1. The van der Waals surface area contributed by atoms with Gasteiger partial charge in [-0.15, -0.1) is 0 Å². The lowest BCUT2D eigenvalue weighted by molar-refractivity contribution is -0.150. The summed E-state index contributed by atoms with van der Waals surface area (Å²) >= 11 is 6.52. The summed E-state index contributed by atoms with van der Waals surface area (Å²) in [6.07, 6.45) is 1.29. The Bertz CT molecular complexity index is 604. The predicted octanol–water partition coefficient (Wildman–Crippen LogP) is 2.81. The van der Waals surface area contributed by atoms with Crippen LogP contribution in [0.4, 0.5) is 10.1 Å². The van der Waals surface area contributed by atoms with Gasteiger partial charge in [-0.25, -0.2) is 4.39 Å². The fourth-order valence-corrected chi connectivity index (χ4v) is 3.21. The van der Waals surface area contributed by atoms with E-state index in [9.17, 15) is 14.0 Å². The van der Waals surface area contributed by atoms with E-state index in [2.05, 4.69) is 10.2 Å². The summed E-state index contributed by atoms with van der Waals surface area (Å²) in [4.78, 5) is 25.8. The van der Waals surface area contributed by atoms with Gasteiger partial charge >= 0.3 is 5.97 Å². The summed E-state index contributed by atoms with van der Waals surface area (Å²) in [7, 11) is 0. The number of nitrogens with one attached hydrogen (secondary N) is 1. The number of thiocarbonyl (C=S) groups is 1. The maximum absolute atomic E-state index is 12.8. The van der Waals surface area contributed by atoms with E-state index >= 15 is 0 Å². The fourth-order valence-electron chi connectivity index (χ4n) is 2.17. The minimum Gasteiger partial charge on any atom is -0.452 e. The number of carbonyl (C=O) groups is 2. The number of rotatable bonds is 5. The molecule has 1 aromatic rings. The summed E-state index contributed by atoms with van der Waals surface area (Å²) in [5.74, 6) is -1.28. The normalized spacial score (nSPS) is 15.0. The van der Waals surface area contributed by atoms with Gasteiger partial charge in [-0.05, 0) is 44.0 Å². The van der Waals surface area contributed by atoms with Crippen LogP contribution < -0.4 is 5.32 Å². The summed E-state index contributed by atoms with van der Waals surface area (Å²) in [6.45, 7) is 3.34. The zero-order valence-corrected chi connectivity index (χ0v) is 14.9. The van der Waals surface area contributed by atoms with E-state index in [1.807, 2.05) is 0 Å². The largest absolute Gasteiger partial charge is 0.452 e. The van der Waals surface area contributed by atoms with Crippen molar-refractivity contribution in [1.82, 2.24) is 4.90 Å². The number of halogens is 1. The van der Waals surface area contributed by atoms with Crippen molar-refractivity contribution in [2.24, 2.45) is 0 Å². The van der Waals surface area contributed by atoms with Gasteiger partial charge in [-0.3, -0.25) is 9.59 Å². The molecule has 1 heterocycles. The second-order valence-electron chi connectivity index (χ2n) is 5.38. The lowest BCUT2D eigenvalue weighted by atomic mass is 10.3. The molecule has 1 saturated heterocycles. The molecular weight excluding hydrogens is 351 g/mol. The van der Waals surface area contributed by atoms with Crippen molar-refractivity contribution in [3.05, 3.63) is 30.1 Å². The van der Waals surface area contributed by atoms with Crippen LogP contribution in [-0.4, -0.2) is 46.0 Å². The zero-order valence-electron chi connectivity index (χ0n) is 13.3. The molecule has 0 saturated carbocycles. The Morgan fingerprint density at radius 1 is 1.33 bits per heavy atom. The Morgan fingerprint density at radius 3 is 2.58 bits per heavy atom. The first-order valence-corrected chi connectivity index (χ1v) is 9.02. The lowest BCUT2D eigenvalue weighted by Crippen LogP contribution is -2.31. The van der Waals surface area contributed by atoms with Crippen LogP contribution in [-0.2, 0) is 14.3 Å². The van der Waals surface area contributed by atoms with E-state index in [4.69, 9.17) is 17.0 Å². The molecule has 0 radical (unpaired) electrons. The van der Waals surface area contributed by atoms with E-state index < -0.39 is 23.8 Å². The van der Waals surface area contributed by atoms with Crippen molar-refractivity contribution in [3.8, 4) is 0 Å². The Hall–Kier alpha value is -1.67. The minimum atomic E-state index is -0.941. The van der Waals surface area contributed by atoms with Crippen LogP contribution >= 0.6 is 24.0 Å². The molecule has 0 bridgehead atoms. The number of esters is 1. The van der Waals surface area contributed by atoms with Crippen LogP contribution in [0.2, 0.25) is 0 Å². The van der Waals surface area contributed by atoms with Gasteiger partial charge in [-0.1, -0.05) is 24.0 Å². The van der Waals surface area contributed by atoms with Gasteiger partial charge in [0.25, 0.3) is 5.91 Å². The van der Waals surface area contributed by atoms with Gasteiger partial charge in [0, 0.05) is 18.8 Å². The van der Waals surface area contributed by atoms with Crippen molar-refractivity contribution >= 4 is 45.9 Å². The zero-order chi connectivity index (χ0) is 17.5. The molecule has 1 aliphatic rings. The number of benzene rings is 1. The highest BCUT2D eigenvalue weighted by molar-refractivity contribution is 8.23. The minimum absolute atomic E-state index is 0.0729. The molecule has 8 heteroatoms. The monoisotopic (exact) mass is 370 g/mol. The molecule has 1 fully saturated rings. The quantitative estimate of drug-likeness (QED) is 0.635. The average Bonchev–Trinajstić information content (AvgIpc) is 3.09. The predicted molar refractivity (Wildman–Crippen MR) is 96.4 cm³/mol. The highest BCUT2D eigenvalue weighted by atomic mass is 32.2. The third-order valence-electron chi connectivity index (χ3n) is 3.47. The van der Waals surface area contributed by atoms with E-state index in [1.54, 1.807) is 0 Å². The van der Waals surface area contributed by atoms with Crippen molar-refractivity contribution < 1.29 is 18.7 Å². The first-order chi connectivity index (χ1) is 11.5. The number of carbonyl (C=O) groups excluding carboxylic acids is 2. The summed E-state index contributed by atoms with van der Waals surface area (Å²) in [5.41, 5.74) is 0.439. The van der Waals surface area contributed by atoms with Gasteiger partial charge in [0.2, 0.25) is 0 Å². The molecule has 2 rings (SSSR count). The van der Waals surface area contributed by atoms with Gasteiger partial charge in [0.15, 0.2) is 6.10 Å². The number of thioether (sulfide) groups is 1. The molecule has 24 heavy (non-hydrogen) atoms. The Morgan fingerprint density at radius 2 is 1.96 bits per heavy atom. The van der Waals surface area contributed by atoms with Crippen molar-refractivity contribution in [2.45, 2.75) is 25.9 Å². The van der Waals surface area contributed by atoms with Gasteiger partial charge < -0.3 is 15.0 Å². The molecule has 0 spiro atoms. The second kappa shape index (κ2) is 8.98. The van der Waals surface area contributed by atoms with Gasteiger partial charge in [0.1, 0.15) is 10.1 Å². The number of likely N-dealkylation sites (tertiary alicyclic amines) is 1. The maximum atomic E-state index is 12.8. The molecule has 1 aromatic carbocycles. The molecule has 0 unspecified atom stereocenters. The number of anilines is 1. The number of hydrogen-bond donors (Lipinski definition) is 1. The number of ether oxygens (including phenoxy) is 1. The third-order valence-corrected chi connectivity index (χ3v) is 4.96. The molecular formula is C16H19FN2O3S2. The van der Waals surface area contributed by atoms with Crippen LogP contribution in [0.3, 0.4) is 0 Å². The highest BCUT2D eigenvalue weighted by Crippen LogP contribution is 2.16. The fraction of sp³-hybridized carbons (Fsp3) is 0.438. The van der Waals surface area contributed by atoms with Crippen LogP contribution in [0.5, 0.6) is 0 Å². The summed E-state index contributed by atoms with van der Waals surface area (Å²) in [6, 6.07) is 5.35. The molecule has 1 amide bonds. The molecule has 0 aliphatic carbocycles. The van der Waals surface area contributed by atoms with Crippen LogP contribution in [0.25, 0.3) is 0 Å². The topological polar surface area (TPSA) is 58.6 Å². The maximum Gasteiger partial charge on any atom is 0.317 e. The van der Waals surface area contributed by atoms with Crippen LogP contribution in [0.15, 0.2) is 24.3 Å². The molecule has 1 aliphatic heterocycles. The first kappa shape index (κ1) is 18.7.